The maximum Gasteiger partial charge on any atom is 0.322 e. The Kier molecular flexibility index (Phi) is 3.35. The number of nitrogens with two attached hydrogens (primary N) is 1. The Morgan fingerprint density at radius 2 is 1.95 bits per heavy atom. The molecule has 0 fully saturated rings. The molecule has 0 radical (unpaired) electrons. The molecule has 2 aromatic heterocycles. The van der Waals surface area contributed by atoms with E-state index < -0.39 is 0 Å². The summed E-state index contributed by atoms with van der Waals surface area (Å²) in [7, 11) is 0. The Bertz CT molecular complexity index is 788. The minimum absolute atomic E-state index is 0.0274. The minimum Gasteiger partial charge on any atom is -0.461 e. The van der Waals surface area contributed by atoms with Crippen LogP contribution in [0.25, 0.3) is 22.3 Å². The Morgan fingerprint density at radius 1 is 1.10 bits per heavy atom. The lowest BCUT2D eigenvalue weighted by Gasteiger charge is -2.09. The van der Waals surface area contributed by atoms with Crippen molar-refractivity contribution in [2.24, 2.45) is 0 Å². The van der Waals surface area contributed by atoms with Crippen molar-refractivity contribution < 1.29 is 4.74 Å². The summed E-state index contributed by atoms with van der Waals surface area (Å²) >= 11 is 0. The van der Waals surface area contributed by atoms with Gasteiger partial charge in [-0.25, -0.2) is 0 Å². The molecule has 0 aliphatic carbocycles. The third-order valence-electron chi connectivity index (χ3n) is 2.83. The summed E-state index contributed by atoms with van der Waals surface area (Å²) < 4.78 is 5.49. The molecule has 0 saturated heterocycles. The maximum absolute atomic E-state index is 5.73. The SMILES string of the molecule is CC(C)Oc1nc(N)nc(-c2ccc3ncccc3c2)n1. The highest BCUT2D eigenvalue weighted by Gasteiger charge is 2.09. The second-order valence-electron chi connectivity index (χ2n) is 4.88. The van der Waals surface area contributed by atoms with E-state index in [0.717, 1.165) is 16.5 Å². The van der Waals surface area contributed by atoms with Gasteiger partial charge in [-0.3, -0.25) is 4.98 Å². The highest BCUT2D eigenvalue weighted by molar-refractivity contribution is 5.83. The zero-order chi connectivity index (χ0) is 14.8. The average molecular weight is 281 g/mol. The van der Waals surface area contributed by atoms with Crippen molar-refractivity contribution in [2.75, 3.05) is 5.73 Å². The third kappa shape index (κ3) is 2.89. The van der Waals surface area contributed by atoms with E-state index in [1.165, 1.54) is 0 Å². The number of hydrogen-bond acceptors (Lipinski definition) is 6. The summed E-state index contributed by atoms with van der Waals surface area (Å²) in [4.78, 5) is 16.8. The second-order valence-corrected chi connectivity index (χ2v) is 4.88. The molecule has 0 amide bonds. The van der Waals surface area contributed by atoms with Crippen molar-refractivity contribution in [3.05, 3.63) is 36.5 Å². The average Bonchev–Trinajstić information content (AvgIpc) is 2.45. The largest absolute Gasteiger partial charge is 0.461 e. The molecule has 2 N–H and O–H groups in total. The van der Waals surface area contributed by atoms with Gasteiger partial charge in [0.05, 0.1) is 11.6 Å². The summed E-state index contributed by atoms with van der Waals surface area (Å²) in [5.74, 6) is 0.630. The van der Waals surface area contributed by atoms with Crippen LogP contribution in [0.15, 0.2) is 36.5 Å². The van der Waals surface area contributed by atoms with Gasteiger partial charge in [-0.2, -0.15) is 15.0 Å². The molecule has 0 saturated carbocycles. The van der Waals surface area contributed by atoms with Gasteiger partial charge in [0.1, 0.15) is 0 Å². The van der Waals surface area contributed by atoms with E-state index in [0.29, 0.717) is 5.82 Å². The van der Waals surface area contributed by atoms with Crippen LogP contribution >= 0.6 is 0 Å². The summed E-state index contributed by atoms with van der Waals surface area (Å²) in [6.45, 7) is 3.81. The Morgan fingerprint density at radius 3 is 2.76 bits per heavy atom. The highest BCUT2D eigenvalue weighted by Crippen LogP contribution is 2.22. The normalized spacial score (nSPS) is 11.0. The highest BCUT2D eigenvalue weighted by atomic mass is 16.5. The summed E-state index contributed by atoms with van der Waals surface area (Å²) in [5.41, 5.74) is 7.49. The Balaban J connectivity index is 2.06. The molecule has 3 rings (SSSR count). The first-order chi connectivity index (χ1) is 10.1. The number of rotatable bonds is 3. The smallest absolute Gasteiger partial charge is 0.322 e. The molecule has 1 aromatic carbocycles. The van der Waals surface area contributed by atoms with Crippen molar-refractivity contribution in [1.82, 2.24) is 19.9 Å². The standard InChI is InChI=1S/C15H15N5O/c1-9(2)21-15-19-13(18-14(16)20-15)11-5-6-12-10(8-11)4-3-7-17-12/h3-9H,1-2H3,(H2,16,18,19,20). The Hall–Kier alpha value is -2.76. The predicted octanol–water partition coefficient (Wildman–Crippen LogP) is 2.46. The van der Waals surface area contributed by atoms with Crippen LogP contribution in [0.1, 0.15) is 13.8 Å². The number of pyridine rings is 1. The maximum atomic E-state index is 5.73. The number of benzene rings is 1. The quantitative estimate of drug-likeness (QED) is 0.793. The van der Waals surface area contributed by atoms with Crippen molar-refractivity contribution in [1.29, 1.82) is 0 Å². The van der Waals surface area contributed by atoms with Crippen LogP contribution in [0.2, 0.25) is 0 Å². The first-order valence-corrected chi connectivity index (χ1v) is 6.65. The lowest BCUT2D eigenvalue weighted by molar-refractivity contribution is 0.222. The van der Waals surface area contributed by atoms with E-state index in [4.69, 9.17) is 10.5 Å². The monoisotopic (exact) mass is 281 g/mol. The molecule has 0 aliphatic heterocycles. The zero-order valence-corrected chi connectivity index (χ0v) is 11.8. The summed E-state index contributed by atoms with van der Waals surface area (Å²) in [6.07, 6.45) is 1.73. The van der Waals surface area contributed by atoms with Crippen molar-refractivity contribution in [3.8, 4) is 17.4 Å². The van der Waals surface area contributed by atoms with Crippen LogP contribution in [0.4, 0.5) is 5.95 Å². The molecule has 0 unspecified atom stereocenters. The van der Waals surface area contributed by atoms with Crippen LogP contribution in [0, 0.1) is 0 Å². The van der Waals surface area contributed by atoms with Crippen LogP contribution in [0.3, 0.4) is 0 Å². The molecule has 6 nitrogen and oxygen atoms in total. The van der Waals surface area contributed by atoms with Crippen molar-refractivity contribution >= 4 is 16.9 Å². The van der Waals surface area contributed by atoms with E-state index in [2.05, 4.69) is 19.9 Å². The molecule has 6 heteroatoms. The van der Waals surface area contributed by atoms with Crippen LogP contribution in [0.5, 0.6) is 6.01 Å². The number of aromatic nitrogens is 4. The fraction of sp³-hybridized carbons (Fsp3) is 0.200. The summed E-state index contributed by atoms with van der Waals surface area (Å²) in [5, 5.41) is 1.01. The van der Waals surface area contributed by atoms with E-state index in [-0.39, 0.29) is 18.1 Å². The lowest BCUT2D eigenvalue weighted by Crippen LogP contribution is -2.11. The molecule has 0 spiro atoms. The predicted molar refractivity (Wildman–Crippen MR) is 80.7 cm³/mol. The number of nitrogen functional groups attached to an aromatic ring is 1. The first-order valence-electron chi connectivity index (χ1n) is 6.65. The molecule has 21 heavy (non-hydrogen) atoms. The van der Waals surface area contributed by atoms with Gasteiger partial charge in [-0.05, 0) is 38.1 Å². The summed E-state index contributed by atoms with van der Waals surface area (Å²) in [6, 6.07) is 9.91. The van der Waals surface area contributed by atoms with Gasteiger partial charge in [-0.15, -0.1) is 0 Å². The van der Waals surface area contributed by atoms with Gasteiger partial charge in [0.25, 0.3) is 0 Å². The van der Waals surface area contributed by atoms with Crippen LogP contribution in [-0.2, 0) is 0 Å². The molecule has 3 aromatic rings. The van der Waals surface area contributed by atoms with Gasteiger partial charge in [0.2, 0.25) is 5.95 Å². The molecule has 106 valence electrons. The number of nitrogens with zero attached hydrogens (tertiary/aromatic N) is 4. The zero-order valence-electron chi connectivity index (χ0n) is 11.8. The molecule has 0 aliphatic rings. The number of hydrogen-bond donors (Lipinski definition) is 1. The second kappa shape index (κ2) is 5.32. The minimum atomic E-state index is -0.0274. The van der Waals surface area contributed by atoms with Crippen molar-refractivity contribution in [2.45, 2.75) is 20.0 Å². The van der Waals surface area contributed by atoms with Gasteiger partial charge >= 0.3 is 6.01 Å². The topological polar surface area (TPSA) is 86.8 Å². The fourth-order valence-corrected chi connectivity index (χ4v) is 1.98. The van der Waals surface area contributed by atoms with Gasteiger partial charge in [0, 0.05) is 17.1 Å². The molecule has 0 bridgehead atoms. The van der Waals surface area contributed by atoms with E-state index in [9.17, 15) is 0 Å². The van der Waals surface area contributed by atoms with E-state index in [1.54, 1.807) is 6.20 Å². The van der Waals surface area contributed by atoms with Gasteiger partial charge in [-0.1, -0.05) is 6.07 Å². The lowest BCUT2D eigenvalue weighted by atomic mass is 10.1. The first kappa shape index (κ1) is 13.2. The molecule has 0 atom stereocenters. The van der Waals surface area contributed by atoms with E-state index in [1.807, 2.05) is 44.2 Å². The van der Waals surface area contributed by atoms with Crippen molar-refractivity contribution in [3.63, 3.8) is 0 Å². The molecular formula is C15H15N5O. The Labute approximate surface area is 122 Å². The number of fused-ring (bicyclic) bond motifs is 1. The van der Waals surface area contributed by atoms with Crippen LogP contribution < -0.4 is 10.5 Å². The van der Waals surface area contributed by atoms with Gasteiger partial charge in [0.15, 0.2) is 5.82 Å². The number of ether oxygens (including phenoxy) is 1. The third-order valence-corrected chi connectivity index (χ3v) is 2.83. The van der Waals surface area contributed by atoms with E-state index >= 15 is 0 Å². The fourth-order valence-electron chi connectivity index (χ4n) is 1.98. The van der Waals surface area contributed by atoms with Crippen LogP contribution in [-0.4, -0.2) is 26.0 Å². The molecular weight excluding hydrogens is 266 g/mol. The number of anilines is 1. The molecule has 2 heterocycles. The van der Waals surface area contributed by atoms with Gasteiger partial charge < -0.3 is 10.5 Å².